The summed E-state index contributed by atoms with van der Waals surface area (Å²) in [5, 5.41) is 13.1. The first-order valence-electron chi connectivity index (χ1n) is 6.95. The second-order valence-electron chi connectivity index (χ2n) is 6.30. The maximum absolute atomic E-state index is 9.82. The molecule has 0 fully saturated rings. The van der Waals surface area contributed by atoms with E-state index in [1.807, 2.05) is 31.2 Å². The summed E-state index contributed by atoms with van der Waals surface area (Å²) in [5.41, 5.74) is 1.49. The Kier molecular flexibility index (Phi) is 6.32. The summed E-state index contributed by atoms with van der Waals surface area (Å²) in [6.07, 6.45) is 0.624. The van der Waals surface area contributed by atoms with Crippen LogP contribution in [0.15, 0.2) is 24.3 Å². The molecule has 19 heavy (non-hydrogen) atoms. The maximum atomic E-state index is 9.82. The van der Waals surface area contributed by atoms with Crippen molar-refractivity contribution in [1.82, 2.24) is 5.32 Å². The maximum Gasteiger partial charge on any atom is 0.119 e. The highest BCUT2D eigenvalue weighted by Crippen LogP contribution is 2.17. The van der Waals surface area contributed by atoms with Gasteiger partial charge in [-0.2, -0.15) is 0 Å². The van der Waals surface area contributed by atoms with Crippen LogP contribution in [0.3, 0.4) is 0 Å². The number of nitrogens with one attached hydrogen (secondary N) is 1. The molecule has 108 valence electrons. The normalized spacial score (nSPS) is 13.3. The lowest BCUT2D eigenvalue weighted by Gasteiger charge is -2.19. The number of hydrogen-bond acceptors (Lipinski definition) is 3. The van der Waals surface area contributed by atoms with Crippen LogP contribution in [-0.2, 0) is 0 Å². The molecule has 1 unspecified atom stereocenters. The molecule has 0 aliphatic carbocycles. The van der Waals surface area contributed by atoms with Gasteiger partial charge in [-0.3, -0.25) is 0 Å². The van der Waals surface area contributed by atoms with Crippen molar-refractivity contribution in [2.24, 2.45) is 5.41 Å². The fourth-order valence-corrected chi connectivity index (χ4v) is 1.69. The van der Waals surface area contributed by atoms with Gasteiger partial charge in [0.15, 0.2) is 0 Å². The highest BCUT2D eigenvalue weighted by molar-refractivity contribution is 5.27. The minimum absolute atomic E-state index is 0.325. The molecule has 1 aromatic rings. The van der Waals surface area contributed by atoms with Crippen molar-refractivity contribution in [3.8, 4) is 5.75 Å². The van der Waals surface area contributed by atoms with Crippen molar-refractivity contribution in [2.45, 2.75) is 40.2 Å². The van der Waals surface area contributed by atoms with Crippen molar-refractivity contribution in [3.05, 3.63) is 29.8 Å². The van der Waals surface area contributed by atoms with E-state index < -0.39 is 6.10 Å². The summed E-state index contributed by atoms with van der Waals surface area (Å²) in [4.78, 5) is 0. The molecule has 2 N–H and O–H groups in total. The van der Waals surface area contributed by atoms with Gasteiger partial charge in [-0.15, -0.1) is 0 Å². The van der Waals surface area contributed by atoms with Crippen molar-refractivity contribution < 1.29 is 9.84 Å². The van der Waals surface area contributed by atoms with Gasteiger partial charge >= 0.3 is 0 Å². The largest absolute Gasteiger partial charge is 0.491 e. The van der Waals surface area contributed by atoms with Gasteiger partial charge < -0.3 is 15.2 Å². The van der Waals surface area contributed by atoms with Crippen LogP contribution in [0.5, 0.6) is 5.75 Å². The molecule has 0 bridgehead atoms. The molecule has 1 rings (SSSR count). The Labute approximate surface area is 117 Å². The average Bonchev–Trinajstić information content (AvgIpc) is 2.31. The lowest BCUT2D eigenvalue weighted by Crippen LogP contribution is -2.33. The third-order valence-corrected chi connectivity index (χ3v) is 2.86. The number of aliphatic hydroxyl groups excluding tert-OH is 1. The molecule has 0 saturated carbocycles. The van der Waals surface area contributed by atoms with Crippen LogP contribution in [0, 0.1) is 12.3 Å². The van der Waals surface area contributed by atoms with Crippen LogP contribution < -0.4 is 10.1 Å². The molecule has 0 saturated heterocycles. The Morgan fingerprint density at radius 3 is 2.68 bits per heavy atom. The number of ether oxygens (including phenoxy) is 1. The summed E-state index contributed by atoms with van der Waals surface area (Å²) in [6, 6.07) is 7.86. The lowest BCUT2D eigenvalue weighted by molar-refractivity contribution is 0.106. The fraction of sp³-hybridized carbons (Fsp3) is 0.625. The Bertz CT molecular complexity index is 371. The smallest absolute Gasteiger partial charge is 0.119 e. The van der Waals surface area contributed by atoms with Crippen LogP contribution >= 0.6 is 0 Å². The average molecular weight is 265 g/mol. The molecular formula is C16H27NO2. The number of benzene rings is 1. The molecule has 1 aromatic carbocycles. The Morgan fingerprint density at radius 2 is 2.05 bits per heavy atom. The Hall–Kier alpha value is -1.06. The van der Waals surface area contributed by atoms with Crippen molar-refractivity contribution in [2.75, 3.05) is 19.7 Å². The monoisotopic (exact) mass is 265 g/mol. The zero-order chi connectivity index (χ0) is 14.3. The summed E-state index contributed by atoms with van der Waals surface area (Å²) >= 11 is 0. The van der Waals surface area contributed by atoms with Gasteiger partial charge in [-0.25, -0.2) is 0 Å². The molecule has 3 heteroatoms. The molecule has 3 nitrogen and oxygen atoms in total. The summed E-state index contributed by atoms with van der Waals surface area (Å²) in [5.74, 6) is 0.814. The van der Waals surface area contributed by atoms with Gasteiger partial charge in [0.05, 0.1) is 0 Å². The van der Waals surface area contributed by atoms with E-state index in [1.165, 1.54) is 0 Å². The molecule has 0 aliphatic rings. The highest BCUT2D eigenvalue weighted by Gasteiger charge is 2.10. The molecule has 0 aromatic heterocycles. The van der Waals surface area contributed by atoms with E-state index in [-0.39, 0.29) is 0 Å². The standard InChI is InChI=1S/C16H27NO2/c1-13-6-5-7-15(10-13)19-12-14(18)11-17-9-8-16(2,3)4/h5-7,10,14,17-18H,8-9,11-12H2,1-4H3. The molecule has 0 amide bonds. The molecule has 1 atom stereocenters. The summed E-state index contributed by atoms with van der Waals surface area (Å²) < 4.78 is 5.56. The molecule has 0 aliphatic heterocycles. The predicted octanol–water partition coefficient (Wildman–Crippen LogP) is 2.76. The minimum atomic E-state index is -0.472. The van der Waals surface area contributed by atoms with Gasteiger partial charge in [0, 0.05) is 6.54 Å². The van der Waals surface area contributed by atoms with E-state index >= 15 is 0 Å². The van der Waals surface area contributed by atoms with Gasteiger partial charge in [-0.05, 0) is 43.0 Å². The number of hydrogen-bond donors (Lipinski definition) is 2. The quantitative estimate of drug-likeness (QED) is 0.745. The molecule has 0 radical (unpaired) electrons. The zero-order valence-corrected chi connectivity index (χ0v) is 12.6. The number of rotatable bonds is 7. The topological polar surface area (TPSA) is 41.5 Å². The Balaban J connectivity index is 2.16. The van der Waals surface area contributed by atoms with Crippen molar-refractivity contribution in [3.63, 3.8) is 0 Å². The van der Waals surface area contributed by atoms with E-state index in [2.05, 4.69) is 26.1 Å². The minimum Gasteiger partial charge on any atom is -0.491 e. The van der Waals surface area contributed by atoms with Crippen LogP contribution in [0.25, 0.3) is 0 Å². The van der Waals surface area contributed by atoms with Gasteiger partial charge in [0.2, 0.25) is 0 Å². The molecule has 0 spiro atoms. The number of aliphatic hydroxyl groups is 1. The van der Waals surface area contributed by atoms with E-state index in [1.54, 1.807) is 0 Å². The van der Waals surface area contributed by atoms with Gasteiger partial charge in [0.25, 0.3) is 0 Å². The van der Waals surface area contributed by atoms with Crippen LogP contribution in [-0.4, -0.2) is 30.9 Å². The summed E-state index contributed by atoms with van der Waals surface area (Å²) in [6.45, 7) is 10.5. The highest BCUT2D eigenvalue weighted by atomic mass is 16.5. The molecule has 0 heterocycles. The Morgan fingerprint density at radius 1 is 1.32 bits per heavy atom. The predicted molar refractivity (Wildman–Crippen MR) is 79.6 cm³/mol. The van der Waals surface area contributed by atoms with Crippen LogP contribution in [0.4, 0.5) is 0 Å². The second kappa shape index (κ2) is 7.51. The second-order valence-corrected chi connectivity index (χ2v) is 6.30. The third kappa shape index (κ3) is 7.85. The van der Waals surface area contributed by atoms with Crippen LogP contribution in [0.2, 0.25) is 0 Å². The first-order valence-corrected chi connectivity index (χ1v) is 6.95. The lowest BCUT2D eigenvalue weighted by atomic mass is 9.92. The van der Waals surface area contributed by atoms with Crippen molar-refractivity contribution in [1.29, 1.82) is 0 Å². The first-order chi connectivity index (χ1) is 8.87. The van der Waals surface area contributed by atoms with E-state index in [4.69, 9.17) is 4.74 Å². The van der Waals surface area contributed by atoms with E-state index in [0.717, 1.165) is 24.3 Å². The SMILES string of the molecule is Cc1cccc(OCC(O)CNCCC(C)(C)C)c1. The van der Waals surface area contributed by atoms with Gasteiger partial charge in [0.1, 0.15) is 18.5 Å². The fourth-order valence-electron chi connectivity index (χ4n) is 1.69. The van der Waals surface area contributed by atoms with Crippen molar-refractivity contribution >= 4 is 0 Å². The van der Waals surface area contributed by atoms with Crippen LogP contribution in [0.1, 0.15) is 32.8 Å². The van der Waals surface area contributed by atoms with Gasteiger partial charge in [-0.1, -0.05) is 32.9 Å². The number of aryl methyl sites for hydroxylation is 1. The van der Waals surface area contributed by atoms with E-state index in [0.29, 0.717) is 18.6 Å². The first kappa shape index (κ1) is 16.0. The summed E-state index contributed by atoms with van der Waals surface area (Å²) in [7, 11) is 0. The van der Waals surface area contributed by atoms with E-state index in [9.17, 15) is 5.11 Å². The zero-order valence-electron chi connectivity index (χ0n) is 12.6. The molecular weight excluding hydrogens is 238 g/mol. The third-order valence-electron chi connectivity index (χ3n) is 2.86.